The maximum atomic E-state index is 12.6. The topological polar surface area (TPSA) is 74.2 Å². The zero-order chi connectivity index (χ0) is 17.4. The predicted octanol–water partition coefficient (Wildman–Crippen LogP) is 2.95. The Morgan fingerprint density at radius 3 is 2.68 bits per heavy atom. The van der Waals surface area contributed by atoms with E-state index in [9.17, 15) is 13.2 Å². The normalized spacial score (nSPS) is 11.6. The van der Waals surface area contributed by atoms with Gasteiger partial charge in [0.1, 0.15) is 5.69 Å². The molecule has 0 aliphatic carbocycles. The Labute approximate surface area is 164 Å². The number of guanidine groups is 1. The zero-order valence-corrected chi connectivity index (χ0v) is 16.4. The molecule has 0 amide bonds. The minimum absolute atomic E-state index is 0. The lowest BCUT2D eigenvalue weighted by Gasteiger charge is -2.12. The van der Waals surface area contributed by atoms with Gasteiger partial charge in [-0.3, -0.25) is 4.99 Å². The summed E-state index contributed by atoms with van der Waals surface area (Å²) < 4.78 is 37.7. The summed E-state index contributed by atoms with van der Waals surface area (Å²) in [4.78, 5) is 11.3. The standard InChI is InChI=1S/C14H17F3N6S.HI/c1-18-12(22-8-10-3-7-24-9-10)20-5-6-21-13-19-4-2-11(23-13)14(15,16)17;/h2-4,7,9H,5-6,8H2,1H3,(H2,18,20,22)(H,19,21,23);1H. The molecule has 3 N–H and O–H groups in total. The van der Waals surface area contributed by atoms with Crippen molar-refractivity contribution >= 4 is 47.2 Å². The summed E-state index contributed by atoms with van der Waals surface area (Å²) in [6, 6.07) is 2.84. The third-order valence-corrected chi connectivity index (χ3v) is 3.64. The molecule has 0 saturated carbocycles. The lowest BCUT2D eigenvalue weighted by atomic mass is 10.3. The number of halogens is 4. The molecule has 138 valence electrons. The number of aliphatic imine (C=N–C) groups is 1. The Kier molecular flexibility index (Phi) is 8.89. The number of hydrogen-bond acceptors (Lipinski definition) is 5. The van der Waals surface area contributed by atoms with Crippen LogP contribution >= 0.6 is 35.3 Å². The Morgan fingerprint density at radius 1 is 1.24 bits per heavy atom. The first-order valence-corrected chi connectivity index (χ1v) is 8.03. The lowest BCUT2D eigenvalue weighted by Crippen LogP contribution is -2.39. The van der Waals surface area contributed by atoms with Gasteiger partial charge < -0.3 is 16.0 Å². The van der Waals surface area contributed by atoms with Crippen molar-refractivity contribution in [3.63, 3.8) is 0 Å². The lowest BCUT2D eigenvalue weighted by molar-refractivity contribution is -0.141. The van der Waals surface area contributed by atoms with Crippen LogP contribution in [0.5, 0.6) is 0 Å². The summed E-state index contributed by atoms with van der Waals surface area (Å²) in [5.41, 5.74) is 0.180. The first-order chi connectivity index (χ1) is 11.5. The van der Waals surface area contributed by atoms with Crippen LogP contribution in [-0.2, 0) is 12.7 Å². The molecule has 0 spiro atoms. The van der Waals surface area contributed by atoms with Crippen LogP contribution in [0.2, 0.25) is 0 Å². The largest absolute Gasteiger partial charge is 0.433 e. The summed E-state index contributed by atoms with van der Waals surface area (Å²) >= 11 is 1.62. The van der Waals surface area contributed by atoms with Crippen molar-refractivity contribution in [3.8, 4) is 0 Å². The van der Waals surface area contributed by atoms with E-state index in [-0.39, 0.29) is 29.9 Å². The van der Waals surface area contributed by atoms with Gasteiger partial charge in [0.15, 0.2) is 5.96 Å². The van der Waals surface area contributed by atoms with Gasteiger partial charge in [0, 0.05) is 32.9 Å². The highest BCUT2D eigenvalue weighted by Gasteiger charge is 2.32. The summed E-state index contributed by atoms with van der Waals surface area (Å²) in [6.45, 7) is 1.44. The SMILES string of the molecule is CN=C(NCCNc1nccc(C(F)(F)F)n1)NCc1ccsc1.I. The molecule has 0 atom stereocenters. The molecule has 2 aromatic heterocycles. The van der Waals surface area contributed by atoms with Crippen molar-refractivity contribution in [2.75, 3.05) is 25.5 Å². The van der Waals surface area contributed by atoms with Crippen LogP contribution < -0.4 is 16.0 Å². The fraction of sp³-hybridized carbons (Fsp3) is 0.357. The first kappa shape index (κ1) is 21.4. The van der Waals surface area contributed by atoms with Crippen molar-refractivity contribution in [3.05, 3.63) is 40.3 Å². The maximum absolute atomic E-state index is 12.6. The molecule has 6 nitrogen and oxygen atoms in total. The number of hydrogen-bond donors (Lipinski definition) is 3. The van der Waals surface area contributed by atoms with Crippen LogP contribution in [0.25, 0.3) is 0 Å². The maximum Gasteiger partial charge on any atom is 0.433 e. The molecule has 2 aromatic rings. The Morgan fingerprint density at radius 2 is 2.04 bits per heavy atom. The van der Waals surface area contributed by atoms with E-state index >= 15 is 0 Å². The van der Waals surface area contributed by atoms with Crippen LogP contribution in [0.3, 0.4) is 0 Å². The summed E-state index contributed by atoms with van der Waals surface area (Å²) in [6.07, 6.45) is -3.40. The van der Waals surface area contributed by atoms with Crippen molar-refractivity contribution < 1.29 is 13.2 Å². The number of nitrogens with one attached hydrogen (secondary N) is 3. The second kappa shape index (κ2) is 10.4. The zero-order valence-electron chi connectivity index (χ0n) is 13.3. The molecule has 0 aliphatic rings. The molecule has 0 radical (unpaired) electrons. The molecule has 25 heavy (non-hydrogen) atoms. The highest BCUT2D eigenvalue weighted by Crippen LogP contribution is 2.27. The van der Waals surface area contributed by atoms with Crippen LogP contribution in [0, 0.1) is 0 Å². The van der Waals surface area contributed by atoms with Gasteiger partial charge in [-0.25, -0.2) is 9.97 Å². The van der Waals surface area contributed by atoms with Crippen LogP contribution in [0.1, 0.15) is 11.3 Å². The minimum atomic E-state index is -4.48. The summed E-state index contributed by atoms with van der Waals surface area (Å²) in [5.74, 6) is 0.542. The third-order valence-electron chi connectivity index (χ3n) is 2.91. The van der Waals surface area contributed by atoms with Gasteiger partial charge in [-0.15, -0.1) is 24.0 Å². The molecule has 0 bridgehead atoms. The van der Waals surface area contributed by atoms with Crippen molar-refractivity contribution in [2.24, 2.45) is 4.99 Å². The predicted molar refractivity (Wildman–Crippen MR) is 103 cm³/mol. The molecule has 2 rings (SSSR count). The number of rotatable bonds is 6. The molecule has 2 heterocycles. The molecule has 0 unspecified atom stereocenters. The van der Waals surface area contributed by atoms with E-state index in [2.05, 4.69) is 30.9 Å². The van der Waals surface area contributed by atoms with E-state index in [1.54, 1.807) is 18.4 Å². The Balaban J connectivity index is 0.00000312. The van der Waals surface area contributed by atoms with Crippen LogP contribution in [0.4, 0.5) is 19.1 Å². The van der Waals surface area contributed by atoms with Gasteiger partial charge >= 0.3 is 6.18 Å². The van der Waals surface area contributed by atoms with E-state index in [4.69, 9.17) is 0 Å². The van der Waals surface area contributed by atoms with Gasteiger partial charge in [-0.2, -0.15) is 24.5 Å². The van der Waals surface area contributed by atoms with E-state index in [0.29, 0.717) is 25.6 Å². The second-order valence-corrected chi connectivity index (χ2v) is 5.45. The number of thiophene rings is 1. The molecule has 11 heteroatoms. The van der Waals surface area contributed by atoms with E-state index in [0.717, 1.165) is 17.8 Å². The van der Waals surface area contributed by atoms with Crippen LogP contribution in [-0.4, -0.2) is 36.1 Å². The molecular formula is C14H18F3IN6S. The van der Waals surface area contributed by atoms with Gasteiger partial charge in [0.25, 0.3) is 0 Å². The molecule has 0 saturated heterocycles. The molecular weight excluding hydrogens is 468 g/mol. The smallest absolute Gasteiger partial charge is 0.355 e. The van der Waals surface area contributed by atoms with Crippen molar-refractivity contribution in [2.45, 2.75) is 12.7 Å². The minimum Gasteiger partial charge on any atom is -0.355 e. The average Bonchev–Trinajstić information content (AvgIpc) is 3.07. The van der Waals surface area contributed by atoms with E-state index < -0.39 is 11.9 Å². The number of alkyl halides is 3. The van der Waals surface area contributed by atoms with Gasteiger partial charge in [0.05, 0.1) is 0 Å². The highest BCUT2D eigenvalue weighted by molar-refractivity contribution is 14.0. The van der Waals surface area contributed by atoms with Gasteiger partial charge in [-0.1, -0.05) is 0 Å². The van der Waals surface area contributed by atoms with Crippen molar-refractivity contribution in [1.29, 1.82) is 0 Å². The number of anilines is 1. The molecule has 0 fully saturated rings. The Hall–Kier alpha value is -1.63. The summed E-state index contributed by atoms with van der Waals surface area (Å²) in [5, 5.41) is 13.0. The third kappa shape index (κ3) is 7.42. The Bertz CT molecular complexity index is 663. The van der Waals surface area contributed by atoms with Gasteiger partial charge in [0.2, 0.25) is 5.95 Å². The molecule has 0 aromatic carbocycles. The van der Waals surface area contributed by atoms with Gasteiger partial charge in [-0.05, 0) is 28.5 Å². The molecule has 0 aliphatic heterocycles. The summed E-state index contributed by atoms with van der Waals surface area (Å²) in [7, 11) is 1.65. The number of nitrogens with zero attached hydrogens (tertiary/aromatic N) is 3. The average molecular weight is 486 g/mol. The quantitative estimate of drug-likeness (QED) is 0.254. The van der Waals surface area contributed by atoms with E-state index in [1.165, 1.54) is 0 Å². The van der Waals surface area contributed by atoms with E-state index in [1.807, 2.05) is 16.8 Å². The number of aromatic nitrogens is 2. The first-order valence-electron chi connectivity index (χ1n) is 7.09. The fourth-order valence-corrected chi connectivity index (χ4v) is 2.43. The highest BCUT2D eigenvalue weighted by atomic mass is 127. The van der Waals surface area contributed by atoms with Crippen LogP contribution in [0.15, 0.2) is 34.1 Å². The van der Waals surface area contributed by atoms with Crippen molar-refractivity contribution in [1.82, 2.24) is 20.6 Å². The second-order valence-electron chi connectivity index (χ2n) is 4.67. The monoisotopic (exact) mass is 486 g/mol. The fourth-order valence-electron chi connectivity index (χ4n) is 1.76.